The summed E-state index contributed by atoms with van der Waals surface area (Å²) in [6.07, 6.45) is 2.03. The highest BCUT2D eigenvalue weighted by Crippen LogP contribution is 2.64. The van der Waals surface area contributed by atoms with E-state index in [9.17, 15) is 9.90 Å². The van der Waals surface area contributed by atoms with Crippen LogP contribution in [0.25, 0.3) is 11.1 Å². The van der Waals surface area contributed by atoms with E-state index >= 15 is 0 Å². The molecule has 1 aromatic heterocycles. The van der Waals surface area contributed by atoms with Gasteiger partial charge in [0.05, 0.1) is 0 Å². The Bertz CT molecular complexity index is 818. The molecule has 3 aliphatic rings. The fourth-order valence-electron chi connectivity index (χ4n) is 4.37. The van der Waals surface area contributed by atoms with E-state index in [0.717, 1.165) is 35.2 Å². The third-order valence-electron chi connectivity index (χ3n) is 5.75. The first kappa shape index (κ1) is 15.1. The molecule has 2 bridgehead atoms. The van der Waals surface area contributed by atoms with E-state index in [1.165, 1.54) is 0 Å². The van der Waals surface area contributed by atoms with Gasteiger partial charge in [-0.25, -0.2) is 4.79 Å². The van der Waals surface area contributed by atoms with Crippen molar-refractivity contribution in [1.29, 1.82) is 0 Å². The fourth-order valence-corrected chi connectivity index (χ4v) is 4.89. The number of aromatic carboxylic acids is 1. The molecule has 0 saturated heterocycles. The molecule has 2 unspecified atom stereocenters. The molecule has 0 radical (unpaired) electrons. The molecule has 3 nitrogen and oxygen atoms in total. The Hall–Kier alpha value is -1.45. The van der Waals surface area contributed by atoms with Crippen molar-refractivity contribution in [2.75, 3.05) is 0 Å². The quantitative estimate of drug-likeness (QED) is 0.765. The first-order valence-electron chi connectivity index (χ1n) is 7.73. The molecule has 0 aliphatic heterocycles. The summed E-state index contributed by atoms with van der Waals surface area (Å²) < 4.78 is 0. The lowest BCUT2D eigenvalue weighted by atomic mass is 9.48. The highest BCUT2D eigenvalue weighted by atomic mass is 35.5. The predicted molar refractivity (Wildman–Crippen MR) is 91.5 cm³/mol. The largest absolute Gasteiger partial charge is 0.477 e. The van der Waals surface area contributed by atoms with Crippen molar-refractivity contribution in [1.82, 2.24) is 4.98 Å². The van der Waals surface area contributed by atoms with Crippen molar-refractivity contribution in [2.45, 2.75) is 32.6 Å². The minimum absolute atomic E-state index is 0.210. The third-order valence-corrected chi connectivity index (χ3v) is 6.19. The van der Waals surface area contributed by atoms with Gasteiger partial charge in [-0.05, 0) is 59.4 Å². The Morgan fingerprint density at radius 3 is 2.48 bits per heavy atom. The van der Waals surface area contributed by atoms with Gasteiger partial charge in [0.1, 0.15) is 5.69 Å². The van der Waals surface area contributed by atoms with Crippen molar-refractivity contribution >= 4 is 29.2 Å². The maximum Gasteiger partial charge on any atom is 0.352 e. The van der Waals surface area contributed by atoms with Crippen LogP contribution in [0.2, 0.25) is 10.0 Å². The van der Waals surface area contributed by atoms with Gasteiger partial charge in [0.2, 0.25) is 0 Å². The second kappa shape index (κ2) is 4.78. The number of carbonyl (C=O) groups is 1. The van der Waals surface area contributed by atoms with Crippen LogP contribution in [0, 0.1) is 11.3 Å². The number of aromatic nitrogens is 1. The number of benzene rings is 1. The molecule has 1 heterocycles. The number of hydrogen-bond donors (Lipinski definition) is 2. The zero-order valence-corrected chi connectivity index (χ0v) is 14.4. The van der Waals surface area contributed by atoms with Crippen LogP contribution in [0.4, 0.5) is 0 Å². The second-order valence-electron chi connectivity index (χ2n) is 7.24. The molecule has 120 valence electrons. The summed E-state index contributed by atoms with van der Waals surface area (Å²) in [5, 5.41) is 10.7. The Labute approximate surface area is 144 Å². The topological polar surface area (TPSA) is 53.1 Å². The van der Waals surface area contributed by atoms with Crippen LogP contribution in [0.1, 0.15) is 47.9 Å². The maximum atomic E-state index is 11.8. The summed E-state index contributed by atoms with van der Waals surface area (Å²) in [4.78, 5) is 14.9. The smallest absolute Gasteiger partial charge is 0.352 e. The van der Waals surface area contributed by atoms with Gasteiger partial charge in [0.25, 0.3) is 0 Å². The van der Waals surface area contributed by atoms with E-state index in [4.69, 9.17) is 23.2 Å². The van der Waals surface area contributed by atoms with Gasteiger partial charge in [-0.3, -0.25) is 0 Å². The molecule has 5 rings (SSSR count). The average molecular weight is 350 g/mol. The first-order chi connectivity index (χ1) is 10.8. The van der Waals surface area contributed by atoms with Crippen molar-refractivity contribution < 1.29 is 9.90 Å². The van der Waals surface area contributed by atoms with Crippen LogP contribution in [-0.2, 0) is 6.42 Å². The minimum atomic E-state index is -0.944. The van der Waals surface area contributed by atoms with Crippen LogP contribution in [-0.4, -0.2) is 16.1 Å². The summed E-state index contributed by atoms with van der Waals surface area (Å²) in [7, 11) is 0. The highest BCUT2D eigenvalue weighted by molar-refractivity contribution is 6.35. The summed E-state index contributed by atoms with van der Waals surface area (Å²) in [6.45, 7) is 4.55. The molecule has 0 amide bonds. The van der Waals surface area contributed by atoms with Gasteiger partial charge in [0, 0.05) is 21.3 Å². The van der Waals surface area contributed by atoms with E-state index in [-0.39, 0.29) is 11.1 Å². The summed E-state index contributed by atoms with van der Waals surface area (Å²) in [5.41, 5.74) is 4.20. The number of H-pyrrole nitrogens is 1. The number of hydrogen-bond acceptors (Lipinski definition) is 1. The third kappa shape index (κ3) is 2.06. The number of carboxylic acids is 1. The van der Waals surface area contributed by atoms with E-state index in [1.54, 1.807) is 18.2 Å². The Balaban J connectivity index is 1.99. The van der Waals surface area contributed by atoms with Gasteiger partial charge in [-0.1, -0.05) is 37.0 Å². The number of nitrogens with one attached hydrogen (secondary N) is 1. The van der Waals surface area contributed by atoms with Crippen LogP contribution >= 0.6 is 23.2 Å². The van der Waals surface area contributed by atoms with Crippen LogP contribution in [0.3, 0.4) is 0 Å². The monoisotopic (exact) mass is 349 g/mol. The molecule has 3 aliphatic carbocycles. The molecule has 23 heavy (non-hydrogen) atoms. The van der Waals surface area contributed by atoms with Crippen molar-refractivity contribution in [3.8, 4) is 11.1 Å². The number of halogens is 2. The van der Waals surface area contributed by atoms with E-state index in [2.05, 4.69) is 18.8 Å². The Morgan fingerprint density at radius 2 is 1.91 bits per heavy atom. The van der Waals surface area contributed by atoms with Crippen molar-refractivity contribution in [2.24, 2.45) is 11.3 Å². The van der Waals surface area contributed by atoms with E-state index in [1.807, 2.05) is 0 Å². The zero-order chi connectivity index (χ0) is 16.5. The van der Waals surface area contributed by atoms with E-state index in [0.29, 0.717) is 21.9 Å². The highest BCUT2D eigenvalue weighted by Gasteiger charge is 2.54. The number of aromatic amines is 1. The molecular formula is C18H17Cl2NO2. The van der Waals surface area contributed by atoms with Gasteiger partial charge in [-0.2, -0.15) is 0 Å². The lowest BCUT2D eigenvalue weighted by Crippen LogP contribution is -2.48. The van der Waals surface area contributed by atoms with Crippen LogP contribution in [0.5, 0.6) is 0 Å². The molecule has 1 saturated carbocycles. The van der Waals surface area contributed by atoms with Crippen LogP contribution in [0.15, 0.2) is 18.2 Å². The molecule has 1 fully saturated rings. The van der Waals surface area contributed by atoms with Gasteiger partial charge in [-0.15, -0.1) is 0 Å². The second-order valence-corrected chi connectivity index (χ2v) is 8.11. The minimum Gasteiger partial charge on any atom is -0.477 e. The Kier molecular flexibility index (Phi) is 3.14. The van der Waals surface area contributed by atoms with Gasteiger partial charge < -0.3 is 10.1 Å². The predicted octanol–water partition coefficient (Wildman–Crippen LogP) is 5.37. The van der Waals surface area contributed by atoms with Crippen molar-refractivity contribution in [3.63, 3.8) is 0 Å². The van der Waals surface area contributed by atoms with Gasteiger partial charge in [0.15, 0.2) is 0 Å². The lowest BCUT2D eigenvalue weighted by molar-refractivity contribution is 0.0182. The summed E-state index contributed by atoms with van der Waals surface area (Å²) in [5.74, 6) is 0.0601. The molecule has 2 aromatic rings. The summed E-state index contributed by atoms with van der Waals surface area (Å²) >= 11 is 12.3. The SMILES string of the molecule is CC1(C)C2Cc3[nH]c(C(=O)O)c(-c4cc(Cl)cc(Cl)c4)c3C1C2. The summed E-state index contributed by atoms with van der Waals surface area (Å²) in [6, 6.07) is 5.25. The molecule has 2 atom stereocenters. The van der Waals surface area contributed by atoms with Gasteiger partial charge >= 0.3 is 5.97 Å². The average Bonchev–Trinajstić information content (AvgIpc) is 2.85. The normalized spacial score (nSPS) is 24.0. The molecule has 2 N–H and O–H groups in total. The molecule has 0 spiro atoms. The standard InChI is InChI=1S/C18H17Cl2NO2/c1-18(2)9-5-12(18)15-13(6-9)21-16(17(22)23)14(15)8-3-10(19)7-11(20)4-8/h3-4,7,9,12,21H,5-6H2,1-2H3,(H,22,23). The zero-order valence-electron chi connectivity index (χ0n) is 12.9. The Morgan fingerprint density at radius 1 is 1.26 bits per heavy atom. The van der Waals surface area contributed by atoms with E-state index < -0.39 is 5.97 Å². The molecular weight excluding hydrogens is 333 g/mol. The van der Waals surface area contributed by atoms with Crippen molar-refractivity contribution in [3.05, 3.63) is 45.2 Å². The molecule has 5 heteroatoms. The lowest BCUT2D eigenvalue weighted by Gasteiger charge is -2.56. The maximum absolute atomic E-state index is 11.8. The number of carboxylic acid groups (broad SMARTS) is 1. The number of rotatable bonds is 2. The first-order valence-corrected chi connectivity index (χ1v) is 8.49. The molecule has 1 aromatic carbocycles. The fraction of sp³-hybridized carbons (Fsp3) is 0.389. The van der Waals surface area contributed by atoms with Crippen LogP contribution < -0.4 is 0 Å².